The van der Waals surface area contributed by atoms with Crippen LogP contribution < -0.4 is 19.5 Å². The Kier molecular flexibility index (Phi) is 8.46. The van der Waals surface area contributed by atoms with Crippen LogP contribution in [0, 0.1) is 6.92 Å². The van der Waals surface area contributed by atoms with Gasteiger partial charge >= 0.3 is 0 Å². The van der Waals surface area contributed by atoms with Gasteiger partial charge in [-0.3, -0.25) is 4.79 Å². The summed E-state index contributed by atoms with van der Waals surface area (Å²) >= 11 is 7.42. The first-order chi connectivity index (χ1) is 15.9. The lowest BCUT2D eigenvalue weighted by Gasteiger charge is -2.16. The highest BCUT2D eigenvalue weighted by Crippen LogP contribution is 2.36. The maximum absolute atomic E-state index is 12.6. The molecule has 3 aromatic rings. The Hall–Kier alpha value is -2.91. The van der Waals surface area contributed by atoms with Gasteiger partial charge < -0.3 is 24.1 Å². The van der Waals surface area contributed by atoms with E-state index in [9.17, 15) is 4.79 Å². The smallest absolute Gasteiger partial charge is 0.234 e. The Morgan fingerprint density at radius 1 is 1.15 bits per heavy atom. The van der Waals surface area contributed by atoms with E-state index < -0.39 is 0 Å². The second kappa shape index (κ2) is 11.3. The van der Waals surface area contributed by atoms with Crippen molar-refractivity contribution in [2.24, 2.45) is 0 Å². The zero-order valence-electron chi connectivity index (χ0n) is 19.2. The number of carbonyl (C=O) groups excluding carboxylic acids is 1. The number of carbonyl (C=O) groups is 1. The number of thioether (sulfide) groups is 1. The van der Waals surface area contributed by atoms with Crippen LogP contribution in [0.1, 0.15) is 31.3 Å². The van der Waals surface area contributed by atoms with E-state index in [0.717, 1.165) is 5.75 Å². The molecular formula is C23H27ClN4O4S. The predicted molar refractivity (Wildman–Crippen MR) is 130 cm³/mol. The molecule has 2 aromatic carbocycles. The number of benzene rings is 2. The highest BCUT2D eigenvalue weighted by atomic mass is 35.5. The summed E-state index contributed by atoms with van der Waals surface area (Å²) in [6.07, 6.45) is -0.297. The van der Waals surface area contributed by atoms with Crippen molar-refractivity contribution in [1.82, 2.24) is 14.8 Å². The topological polar surface area (TPSA) is 87.5 Å². The summed E-state index contributed by atoms with van der Waals surface area (Å²) in [5, 5.41) is 12.4. The first kappa shape index (κ1) is 24.7. The fraction of sp³-hybridized carbons (Fsp3) is 0.348. The minimum Gasteiger partial charge on any atom is -0.495 e. The molecule has 33 heavy (non-hydrogen) atoms. The van der Waals surface area contributed by atoms with Crippen LogP contribution >= 0.6 is 23.4 Å². The van der Waals surface area contributed by atoms with Gasteiger partial charge in [-0.1, -0.05) is 41.1 Å². The maximum Gasteiger partial charge on any atom is 0.234 e. The monoisotopic (exact) mass is 490 g/mol. The highest BCUT2D eigenvalue weighted by molar-refractivity contribution is 7.99. The fourth-order valence-corrected chi connectivity index (χ4v) is 4.19. The van der Waals surface area contributed by atoms with E-state index in [1.54, 1.807) is 12.1 Å². The SMILES string of the molecule is CCn1c(SCC(=O)Nc2cc(OC)c(Cl)cc2OC)nnc1C(C)Oc1ccc(C)cc1. The van der Waals surface area contributed by atoms with E-state index in [2.05, 4.69) is 15.5 Å². The molecule has 1 amide bonds. The summed E-state index contributed by atoms with van der Waals surface area (Å²) in [6, 6.07) is 11.1. The van der Waals surface area contributed by atoms with Gasteiger partial charge in [0.2, 0.25) is 5.91 Å². The molecule has 1 aromatic heterocycles. The number of ether oxygens (including phenoxy) is 3. The molecule has 0 bridgehead atoms. The molecule has 1 unspecified atom stereocenters. The van der Waals surface area contributed by atoms with Gasteiger partial charge in [-0.15, -0.1) is 10.2 Å². The van der Waals surface area contributed by atoms with Crippen LogP contribution in [0.4, 0.5) is 5.69 Å². The van der Waals surface area contributed by atoms with E-state index in [-0.39, 0.29) is 17.8 Å². The van der Waals surface area contributed by atoms with Gasteiger partial charge in [0, 0.05) is 18.7 Å². The van der Waals surface area contributed by atoms with E-state index in [1.807, 2.05) is 49.6 Å². The van der Waals surface area contributed by atoms with Gasteiger partial charge in [-0.25, -0.2) is 0 Å². The van der Waals surface area contributed by atoms with E-state index in [0.29, 0.717) is 39.7 Å². The van der Waals surface area contributed by atoms with Crippen molar-refractivity contribution in [3.8, 4) is 17.2 Å². The molecule has 1 N–H and O–H groups in total. The van der Waals surface area contributed by atoms with Crippen molar-refractivity contribution in [2.75, 3.05) is 25.3 Å². The number of hydrogen-bond acceptors (Lipinski definition) is 7. The lowest BCUT2D eigenvalue weighted by Crippen LogP contribution is -2.16. The number of hydrogen-bond donors (Lipinski definition) is 1. The van der Waals surface area contributed by atoms with Gasteiger partial charge in [-0.2, -0.15) is 0 Å². The summed E-state index contributed by atoms with van der Waals surface area (Å²) in [5.41, 5.74) is 1.64. The summed E-state index contributed by atoms with van der Waals surface area (Å²) < 4.78 is 18.5. The quantitative estimate of drug-likeness (QED) is 0.393. The largest absolute Gasteiger partial charge is 0.495 e. The maximum atomic E-state index is 12.6. The summed E-state index contributed by atoms with van der Waals surface area (Å²) in [7, 11) is 3.02. The van der Waals surface area contributed by atoms with Gasteiger partial charge in [0.25, 0.3) is 0 Å². The summed E-state index contributed by atoms with van der Waals surface area (Å²) in [4.78, 5) is 12.6. The molecule has 0 radical (unpaired) electrons. The Labute approximate surface area is 202 Å². The molecule has 1 atom stereocenters. The van der Waals surface area contributed by atoms with Crippen LogP contribution in [0.25, 0.3) is 0 Å². The number of aromatic nitrogens is 3. The second-order valence-corrected chi connectivity index (χ2v) is 8.53. The van der Waals surface area contributed by atoms with E-state index in [4.69, 9.17) is 25.8 Å². The van der Waals surface area contributed by atoms with Crippen LogP contribution in [0.15, 0.2) is 41.6 Å². The second-order valence-electron chi connectivity index (χ2n) is 7.18. The summed E-state index contributed by atoms with van der Waals surface area (Å²) in [6.45, 7) is 6.61. The Balaban J connectivity index is 1.66. The van der Waals surface area contributed by atoms with Crippen LogP contribution in [0.3, 0.4) is 0 Å². The van der Waals surface area contributed by atoms with Crippen molar-refractivity contribution < 1.29 is 19.0 Å². The van der Waals surface area contributed by atoms with Gasteiger partial charge in [0.1, 0.15) is 17.2 Å². The van der Waals surface area contributed by atoms with Crippen LogP contribution in [-0.2, 0) is 11.3 Å². The molecule has 8 nitrogen and oxygen atoms in total. The minimum absolute atomic E-state index is 0.138. The predicted octanol–water partition coefficient (Wildman–Crippen LogP) is 5.15. The molecule has 3 rings (SSSR count). The Bertz CT molecular complexity index is 1100. The van der Waals surface area contributed by atoms with E-state index in [1.165, 1.54) is 31.5 Å². The van der Waals surface area contributed by atoms with Gasteiger partial charge in [-0.05, 0) is 32.9 Å². The number of nitrogens with one attached hydrogen (secondary N) is 1. The third kappa shape index (κ3) is 6.11. The molecule has 0 aliphatic rings. The average Bonchev–Trinajstić information content (AvgIpc) is 3.23. The average molecular weight is 491 g/mol. The third-order valence-corrected chi connectivity index (χ3v) is 6.10. The zero-order chi connectivity index (χ0) is 24.0. The number of amides is 1. The number of halogens is 1. The number of aryl methyl sites for hydroxylation is 1. The first-order valence-corrected chi connectivity index (χ1v) is 11.7. The third-order valence-electron chi connectivity index (χ3n) is 4.84. The standard InChI is InChI=1S/C23H27ClN4O4S/c1-6-28-22(15(3)32-16-9-7-14(2)8-10-16)26-27-23(28)33-13-21(29)25-18-12-19(30-4)17(24)11-20(18)31-5/h7-12,15H,6,13H2,1-5H3,(H,25,29). The van der Waals surface area contributed by atoms with Crippen LogP contribution in [-0.4, -0.2) is 40.6 Å². The highest BCUT2D eigenvalue weighted by Gasteiger charge is 2.20. The molecule has 10 heteroatoms. The lowest BCUT2D eigenvalue weighted by molar-refractivity contribution is -0.113. The van der Waals surface area contributed by atoms with Gasteiger partial charge in [0.15, 0.2) is 17.1 Å². The normalized spacial score (nSPS) is 11.7. The van der Waals surface area contributed by atoms with Crippen molar-refractivity contribution >= 4 is 35.0 Å². The molecule has 0 saturated carbocycles. The molecule has 1 heterocycles. The fourth-order valence-electron chi connectivity index (χ4n) is 3.15. The number of rotatable bonds is 10. The molecular weight excluding hydrogens is 464 g/mol. The molecule has 0 saturated heterocycles. The zero-order valence-corrected chi connectivity index (χ0v) is 20.8. The van der Waals surface area contributed by atoms with Crippen LogP contribution in [0.5, 0.6) is 17.2 Å². The molecule has 0 fully saturated rings. The van der Waals surface area contributed by atoms with Crippen molar-refractivity contribution in [2.45, 2.75) is 38.6 Å². The van der Waals surface area contributed by atoms with Gasteiger partial charge in [0.05, 0.1) is 30.7 Å². The van der Waals surface area contributed by atoms with Crippen molar-refractivity contribution in [3.63, 3.8) is 0 Å². The number of anilines is 1. The van der Waals surface area contributed by atoms with Crippen molar-refractivity contribution in [3.05, 3.63) is 52.8 Å². The summed E-state index contributed by atoms with van der Waals surface area (Å²) in [5.74, 6) is 2.27. The first-order valence-electron chi connectivity index (χ1n) is 10.4. The minimum atomic E-state index is -0.297. The van der Waals surface area contributed by atoms with Crippen LogP contribution in [0.2, 0.25) is 5.02 Å². The molecule has 0 aliphatic carbocycles. The van der Waals surface area contributed by atoms with E-state index >= 15 is 0 Å². The lowest BCUT2D eigenvalue weighted by atomic mass is 10.2. The Morgan fingerprint density at radius 2 is 1.85 bits per heavy atom. The number of methoxy groups -OCH3 is 2. The van der Waals surface area contributed by atoms with Crippen molar-refractivity contribution in [1.29, 1.82) is 0 Å². The molecule has 0 aliphatic heterocycles. The Morgan fingerprint density at radius 3 is 2.48 bits per heavy atom. The molecule has 176 valence electrons. The molecule has 0 spiro atoms. The number of nitrogens with zero attached hydrogens (tertiary/aromatic N) is 3.